The molecule has 0 saturated heterocycles. The first-order valence-electron chi connectivity index (χ1n) is 19.7. The number of rotatable bonds is 6. The highest BCUT2D eigenvalue weighted by Gasteiger charge is 2.19. The maximum Gasteiger partial charge on any atom is 0.143 e. The second-order valence-electron chi connectivity index (χ2n) is 14.9. The van der Waals surface area contributed by atoms with E-state index in [2.05, 4.69) is 191 Å². The maximum atomic E-state index is 6.44. The van der Waals surface area contributed by atoms with Crippen LogP contribution >= 0.6 is 0 Å². The van der Waals surface area contributed by atoms with Crippen LogP contribution in [0.3, 0.4) is 0 Å². The first kappa shape index (κ1) is 32.4. The summed E-state index contributed by atoms with van der Waals surface area (Å²) >= 11 is 0. The molecule has 4 nitrogen and oxygen atoms in total. The topological polar surface area (TPSA) is 34.5 Å². The minimum atomic E-state index is 0.899. The van der Waals surface area contributed by atoms with Crippen molar-refractivity contribution in [3.8, 4) is 27.9 Å². The van der Waals surface area contributed by atoms with Crippen LogP contribution in [0.25, 0.3) is 93.6 Å². The summed E-state index contributed by atoms with van der Waals surface area (Å²) in [6.45, 7) is 0. The average molecular weight is 743 g/mol. The highest BCUT2D eigenvalue weighted by atomic mass is 16.3. The summed E-state index contributed by atoms with van der Waals surface area (Å²) in [6, 6.07) is 73.2. The monoisotopic (exact) mass is 742 g/mol. The number of aromatic nitrogens is 1. The van der Waals surface area contributed by atoms with Crippen molar-refractivity contribution < 1.29 is 8.83 Å². The fourth-order valence-electron chi connectivity index (χ4n) is 8.95. The summed E-state index contributed by atoms with van der Waals surface area (Å²) in [5.41, 5.74) is 14.6. The molecule has 0 N–H and O–H groups in total. The lowest BCUT2D eigenvalue weighted by atomic mass is 10.0. The Labute approximate surface area is 334 Å². The quantitative estimate of drug-likeness (QED) is 0.170. The third kappa shape index (κ3) is 5.02. The molecule has 0 unspecified atom stereocenters. The van der Waals surface area contributed by atoms with Crippen molar-refractivity contribution in [1.82, 2.24) is 4.57 Å². The van der Waals surface area contributed by atoms with Gasteiger partial charge in [0, 0.05) is 66.2 Å². The summed E-state index contributed by atoms with van der Waals surface area (Å²) in [7, 11) is 0. The third-order valence-electron chi connectivity index (χ3n) is 11.6. The van der Waals surface area contributed by atoms with Crippen LogP contribution in [0.5, 0.6) is 0 Å². The Morgan fingerprint density at radius 3 is 1.28 bits per heavy atom. The summed E-state index contributed by atoms with van der Waals surface area (Å²) in [5.74, 6) is 0. The lowest BCUT2D eigenvalue weighted by Gasteiger charge is -2.26. The van der Waals surface area contributed by atoms with Gasteiger partial charge in [0.25, 0.3) is 0 Å². The SMILES string of the molecule is c1cc(N(c2ccc(-c3cccc4c3oc3ccccc34)cc2)c2ccc(-c3cccc4c3oc3ccccc34)cc2)cc(-n2c3ccccc3c3ccccc32)c1. The van der Waals surface area contributed by atoms with Gasteiger partial charge in [-0.05, 0) is 77.9 Å². The second-order valence-corrected chi connectivity index (χ2v) is 14.9. The van der Waals surface area contributed by atoms with Crippen LogP contribution in [-0.4, -0.2) is 4.57 Å². The van der Waals surface area contributed by atoms with Crippen LogP contribution < -0.4 is 4.90 Å². The van der Waals surface area contributed by atoms with E-state index in [9.17, 15) is 0 Å². The largest absolute Gasteiger partial charge is 0.455 e. The Morgan fingerprint density at radius 2 is 0.759 bits per heavy atom. The number of hydrogen-bond donors (Lipinski definition) is 0. The Kier molecular flexibility index (Phi) is 7.20. The molecule has 0 saturated carbocycles. The Morgan fingerprint density at radius 1 is 0.328 bits per heavy atom. The van der Waals surface area contributed by atoms with Gasteiger partial charge in [-0.15, -0.1) is 0 Å². The number of benzene rings is 9. The van der Waals surface area contributed by atoms with E-state index in [4.69, 9.17) is 8.83 Å². The van der Waals surface area contributed by atoms with Gasteiger partial charge in [-0.25, -0.2) is 0 Å². The van der Waals surface area contributed by atoms with Crippen LogP contribution in [0.1, 0.15) is 0 Å². The molecule has 0 radical (unpaired) electrons. The van der Waals surface area contributed by atoms with Crippen molar-refractivity contribution >= 4 is 82.7 Å². The zero-order valence-corrected chi connectivity index (χ0v) is 31.3. The maximum absolute atomic E-state index is 6.44. The first-order chi connectivity index (χ1) is 28.8. The summed E-state index contributed by atoms with van der Waals surface area (Å²) in [5, 5.41) is 6.99. The molecule has 0 bridgehead atoms. The van der Waals surface area contributed by atoms with Crippen molar-refractivity contribution in [2.24, 2.45) is 0 Å². The van der Waals surface area contributed by atoms with Gasteiger partial charge in [-0.3, -0.25) is 0 Å². The highest BCUT2D eigenvalue weighted by molar-refractivity contribution is 6.11. The van der Waals surface area contributed by atoms with Gasteiger partial charge in [-0.1, -0.05) is 140 Å². The van der Waals surface area contributed by atoms with Crippen molar-refractivity contribution in [3.63, 3.8) is 0 Å². The van der Waals surface area contributed by atoms with Crippen LogP contribution in [0.2, 0.25) is 0 Å². The standard InChI is InChI=1S/C54H34N2O2/c1-5-22-49-43(14-1)44-15-2-6-23-50(44)56(49)40-13-9-12-39(34-40)55(37-30-26-35(27-31-37)41-18-10-20-47-45-16-3-7-24-51(45)57-53(41)47)38-32-28-36(29-33-38)42-19-11-21-48-46-17-4-8-25-52(46)58-54(42)48/h1-34H. The van der Waals surface area contributed by atoms with E-state index in [-0.39, 0.29) is 0 Å². The highest BCUT2D eigenvalue weighted by Crippen LogP contribution is 2.42. The minimum absolute atomic E-state index is 0.899. The van der Waals surface area contributed by atoms with Crippen LogP contribution in [0.15, 0.2) is 215 Å². The Bertz CT molecular complexity index is 3300. The minimum Gasteiger partial charge on any atom is -0.455 e. The predicted molar refractivity (Wildman–Crippen MR) is 241 cm³/mol. The smallest absolute Gasteiger partial charge is 0.143 e. The molecule has 0 aliphatic rings. The molecule has 12 aromatic rings. The first-order valence-corrected chi connectivity index (χ1v) is 19.7. The third-order valence-corrected chi connectivity index (χ3v) is 11.6. The van der Waals surface area contributed by atoms with Crippen LogP contribution in [0, 0.1) is 0 Å². The molecule has 0 aliphatic carbocycles. The van der Waals surface area contributed by atoms with E-state index in [1.807, 2.05) is 24.3 Å². The fourth-order valence-corrected chi connectivity index (χ4v) is 8.95. The zero-order valence-electron chi connectivity index (χ0n) is 31.3. The van der Waals surface area contributed by atoms with Gasteiger partial charge in [0.05, 0.1) is 11.0 Å². The van der Waals surface area contributed by atoms with Gasteiger partial charge in [0.2, 0.25) is 0 Å². The number of fused-ring (bicyclic) bond motifs is 9. The molecule has 3 heterocycles. The van der Waals surface area contributed by atoms with Gasteiger partial charge < -0.3 is 18.3 Å². The molecule has 0 amide bonds. The molecular formula is C54H34N2O2. The number of para-hydroxylation sites is 6. The summed E-state index contributed by atoms with van der Waals surface area (Å²) in [6.07, 6.45) is 0. The number of anilines is 3. The normalized spacial score (nSPS) is 11.8. The van der Waals surface area contributed by atoms with Gasteiger partial charge in [-0.2, -0.15) is 0 Å². The molecule has 0 fully saturated rings. The van der Waals surface area contributed by atoms with Gasteiger partial charge >= 0.3 is 0 Å². The van der Waals surface area contributed by atoms with E-state index in [0.29, 0.717) is 0 Å². The lowest BCUT2D eigenvalue weighted by Crippen LogP contribution is -2.10. The Balaban J connectivity index is 1.00. The molecular weight excluding hydrogens is 709 g/mol. The molecule has 4 heteroatoms. The van der Waals surface area contributed by atoms with Crippen LogP contribution in [-0.2, 0) is 0 Å². The van der Waals surface area contributed by atoms with Gasteiger partial charge in [0.15, 0.2) is 0 Å². The van der Waals surface area contributed by atoms with E-state index >= 15 is 0 Å². The van der Waals surface area contributed by atoms with Crippen molar-refractivity contribution in [2.45, 2.75) is 0 Å². The fraction of sp³-hybridized carbons (Fsp3) is 0. The summed E-state index contributed by atoms with van der Waals surface area (Å²) in [4.78, 5) is 2.34. The molecule has 12 rings (SSSR count). The average Bonchev–Trinajstić information content (AvgIpc) is 3.97. The molecule has 58 heavy (non-hydrogen) atoms. The van der Waals surface area contributed by atoms with E-state index in [1.54, 1.807) is 0 Å². The van der Waals surface area contributed by atoms with Crippen molar-refractivity contribution in [2.75, 3.05) is 4.90 Å². The molecule has 3 aromatic heterocycles. The van der Waals surface area contributed by atoms with E-state index in [1.165, 1.54) is 21.8 Å². The number of nitrogens with zero attached hydrogens (tertiary/aromatic N) is 2. The summed E-state index contributed by atoms with van der Waals surface area (Å²) < 4.78 is 15.2. The van der Waals surface area contributed by atoms with Crippen molar-refractivity contribution in [1.29, 1.82) is 0 Å². The molecule has 9 aromatic carbocycles. The molecule has 0 spiro atoms. The lowest BCUT2D eigenvalue weighted by molar-refractivity contribution is 0.669. The van der Waals surface area contributed by atoms with E-state index in [0.717, 1.165) is 88.9 Å². The van der Waals surface area contributed by atoms with Crippen LogP contribution in [0.4, 0.5) is 17.1 Å². The van der Waals surface area contributed by atoms with Gasteiger partial charge in [0.1, 0.15) is 22.3 Å². The number of hydrogen-bond acceptors (Lipinski definition) is 3. The Hall–Kier alpha value is -7.82. The zero-order chi connectivity index (χ0) is 38.2. The predicted octanol–water partition coefficient (Wildman–Crippen LogP) is 15.4. The number of furan rings is 2. The van der Waals surface area contributed by atoms with E-state index < -0.39 is 0 Å². The molecule has 0 aliphatic heterocycles. The second kappa shape index (κ2) is 12.9. The van der Waals surface area contributed by atoms with Crippen molar-refractivity contribution in [3.05, 3.63) is 206 Å². The molecule has 0 atom stereocenters. The molecule has 272 valence electrons.